The van der Waals surface area contributed by atoms with E-state index in [1.807, 2.05) is 0 Å². The van der Waals surface area contributed by atoms with Gasteiger partial charge in [-0.1, -0.05) is 0 Å². The second kappa shape index (κ2) is 3.40. The molecule has 1 aliphatic heterocycles. The van der Waals surface area contributed by atoms with Gasteiger partial charge in [0.15, 0.2) is 0 Å². The number of esters is 1. The molecule has 0 bridgehead atoms. The molecule has 1 fully saturated rings. The molecule has 1 heterocycles. The van der Waals surface area contributed by atoms with Crippen molar-refractivity contribution in [1.82, 2.24) is 0 Å². The Balaban J connectivity index is 2.30. The van der Waals surface area contributed by atoms with Crippen molar-refractivity contribution < 1.29 is 22.1 Å². The number of ether oxygens (including phenoxy) is 1. The highest BCUT2D eigenvalue weighted by atomic mass is 32.2. The summed E-state index contributed by atoms with van der Waals surface area (Å²) in [5.41, 5.74) is 0. The van der Waals surface area contributed by atoms with Crippen LogP contribution in [0.15, 0.2) is 0 Å². The summed E-state index contributed by atoms with van der Waals surface area (Å²) in [5, 5.41) is 0. The molecule has 12 heavy (non-hydrogen) atoms. The topological polar surface area (TPSA) is 69.7 Å². The molecule has 1 aliphatic rings. The lowest BCUT2D eigenvalue weighted by Gasteiger charge is -2.07. The zero-order valence-electron chi connectivity index (χ0n) is 6.65. The molecule has 1 rings (SSSR count). The summed E-state index contributed by atoms with van der Waals surface area (Å²) in [4.78, 5) is 10.6. The van der Waals surface area contributed by atoms with Crippen LogP contribution < -0.4 is 0 Å². The summed E-state index contributed by atoms with van der Waals surface area (Å²) in [6.07, 6.45) is 1.45. The molecular formula is C6H10O5S. The molecule has 1 atom stereocenters. The van der Waals surface area contributed by atoms with Gasteiger partial charge in [0.05, 0.1) is 6.26 Å². The first-order chi connectivity index (χ1) is 5.47. The first-order valence-electron chi connectivity index (χ1n) is 3.51. The maximum absolute atomic E-state index is 10.6. The fourth-order valence-corrected chi connectivity index (χ4v) is 1.30. The van der Waals surface area contributed by atoms with Gasteiger partial charge in [0.1, 0.15) is 12.7 Å². The van der Waals surface area contributed by atoms with E-state index < -0.39 is 16.2 Å². The van der Waals surface area contributed by atoms with Gasteiger partial charge in [0.25, 0.3) is 10.1 Å². The minimum Gasteiger partial charge on any atom is -0.460 e. The number of hydrogen-bond acceptors (Lipinski definition) is 5. The van der Waals surface area contributed by atoms with Crippen molar-refractivity contribution in [2.45, 2.75) is 18.9 Å². The van der Waals surface area contributed by atoms with E-state index in [9.17, 15) is 13.2 Å². The average Bonchev–Trinajstić information content (AvgIpc) is 2.30. The Labute approximate surface area is 70.8 Å². The quantitative estimate of drug-likeness (QED) is 0.454. The minimum atomic E-state index is -3.42. The van der Waals surface area contributed by atoms with Crippen molar-refractivity contribution in [1.29, 1.82) is 0 Å². The van der Waals surface area contributed by atoms with Crippen LogP contribution in [0, 0.1) is 0 Å². The van der Waals surface area contributed by atoms with E-state index in [4.69, 9.17) is 4.74 Å². The van der Waals surface area contributed by atoms with Gasteiger partial charge in [0.2, 0.25) is 0 Å². The van der Waals surface area contributed by atoms with E-state index in [1.54, 1.807) is 0 Å². The van der Waals surface area contributed by atoms with Gasteiger partial charge in [-0.15, -0.1) is 0 Å². The summed E-state index contributed by atoms with van der Waals surface area (Å²) < 4.78 is 30.2. The van der Waals surface area contributed by atoms with E-state index in [2.05, 4.69) is 4.18 Å². The largest absolute Gasteiger partial charge is 0.460 e. The normalized spacial score (nSPS) is 24.1. The highest BCUT2D eigenvalue weighted by Crippen LogP contribution is 2.14. The average molecular weight is 194 g/mol. The molecule has 0 saturated carbocycles. The summed E-state index contributed by atoms with van der Waals surface area (Å²) in [6, 6.07) is 0. The predicted octanol–water partition coefficient (Wildman–Crippen LogP) is -0.332. The fraction of sp³-hybridized carbons (Fsp3) is 0.833. The third kappa shape index (κ3) is 3.19. The lowest BCUT2D eigenvalue weighted by atomic mass is 10.2. The summed E-state index contributed by atoms with van der Waals surface area (Å²) >= 11 is 0. The third-order valence-electron chi connectivity index (χ3n) is 1.44. The molecule has 0 aromatic heterocycles. The highest BCUT2D eigenvalue weighted by Gasteiger charge is 2.24. The molecule has 6 heteroatoms. The SMILES string of the molecule is CS(=O)(=O)OC[C@@H]1CCC(=O)O1. The Morgan fingerprint density at radius 1 is 1.67 bits per heavy atom. The Hall–Kier alpha value is -0.620. The molecular weight excluding hydrogens is 184 g/mol. The van der Waals surface area contributed by atoms with Crippen molar-refractivity contribution in [2.75, 3.05) is 12.9 Å². The predicted molar refractivity (Wildman–Crippen MR) is 39.9 cm³/mol. The molecule has 0 aromatic carbocycles. The molecule has 0 spiro atoms. The van der Waals surface area contributed by atoms with Crippen LogP contribution in [-0.4, -0.2) is 33.4 Å². The van der Waals surface area contributed by atoms with Gasteiger partial charge in [-0.2, -0.15) is 8.42 Å². The van der Waals surface area contributed by atoms with Gasteiger partial charge in [-0.25, -0.2) is 0 Å². The second-order valence-corrected chi connectivity index (χ2v) is 4.28. The van der Waals surface area contributed by atoms with Gasteiger partial charge >= 0.3 is 5.97 Å². The van der Waals surface area contributed by atoms with Crippen LogP contribution in [0.2, 0.25) is 0 Å². The van der Waals surface area contributed by atoms with Crippen LogP contribution in [0.4, 0.5) is 0 Å². The number of hydrogen-bond donors (Lipinski definition) is 0. The van der Waals surface area contributed by atoms with Crippen LogP contribution in [0.25, 0.3) is 0 Å². The van der Waals surface area contributed by atoms with Crippen LogP contribution in [0.5, 0.6) is 0 Å². The third-order valence-corrected chi connectivity index (χ3v) is 2.00. The molecule has 1 saturated heterocycles. The number of cyclic esters (lactones) is 1. The smallest absolute Gasteiger partial charge is 0.306 e. The lowest BCUT2D eigenvalue weighted by molar-refractivity contribution is -0.142. The summed E-state index contributed by atoms with van der Waals surface area (Å²) in [7, 11) is -3.42. The molecule has 0 amide bonds. The molecule has 0 unspecified atom stereocenters. The summed E-state index contributed by atoms with van der Waals surface area (Å²) in [6.45, 7) is -0.0649. The maximum Gasteiger partial charge on any atom is 0.306 e. The van der Waals surface area contributed by atoms with E-state index >= 15 is 0 Å². The molecule has 0 aromatic rings. The second-order valence-electron chi connectivity index (χ2n) is 2.64. The monoisotopic (exact) mass is 194 g/mol. The Kier molecular flexibility index (Phi) is 2.69. The van der Waals surface area contributed by atoms with Crippen LogP contribution in [0.3, 0.4) is 0 Å². The first-order valence-corrected chi connectivity index (χ1v) is 5.33. The number of carbonyl (C=O) groups is 1. The Morgan fingerprint density at radius 2 is 2.33 bits per heavy atom. The number of carbonyl (C=O) groups excluding carboxylic acids is 1. The highest BCUT2D eigenvalue weighted by molar-refractivity contribution is 7.85. The van der Waals surface area contributed by atoms with Gasteiger partial charge in [-0.3, -0.25) is 8.98 Å². The molecule has 0 aliphatic carbocycles. The Morgan fingerprint density at radius 3 is 2.75 bits per heavy atom. The van der Waals surface area contributed by atoms with Gasteiger partial charge in [0, 0.05) is 6.42 Å². The van der Waals surface area contributed by atoms with Crippen molar-refractivity contribution in [3.05, 3.63) is 0 Å². The molecule has 0 radical (unpaired) electrons. The van der Waals surface area contributed by atoms with Crippen LogP contribution >= 0.6 is 0 Å². The first kappa shape index (κ1) is 9.47. The molecule has 5 nitrogen and oxygen atoms in total. The zero-order valence-corrected chi connectivity index (χ0v) is 7.46. The van der Waals surface area contributed by atoms with E-state index in [-0.39, 0.29) is 12.6 Å². The zero-order chi connectivity index (χ0) is 9.19. The summed E-state index contributed by atoms with van der Waals surface area (Å²) in [5.74, 6) is -0.294. The van der Waals surface area contributed by atoms with Crippen molar-refractivity contribution in [2.24, 2.45) is 0 Å². The van der Waals surface area contributed by atoms with Crippen molar-refractivity contribution >= 4 is 16.1 Å². The molecule has 0 N–H and O–H groups in total. The van der Waals surface area contributed by atoms with E-state index in [0.29, 0.717) is 12.8 Å². The van der Waals surface area contributed by atoms with Gasteiger partial charge in [-0.05, 0) is 6.42 Å². The lowest BCUT2D eigenvalue weighted by Crippen LogP contribution is -2.17. The standard InChI is InChI=1S/C6H10O5S/c1-12(8,9)10-4-5-2-3-6(7)11-5/h5H,2-4H2,1H3/t5-/m0/s1. The molecule has 70 valence electrons. The van der Waals surface area contributed by atoms with Crippen LogP contribution in [-0.2, 0) is 23.8 Å². The fourth-order valence-electron chi connectivity index (χ4n) is 0.899. The van der Waals surface area contributed by atoms with Crippen molar-refractivity contribution in [3.8, 4) is 0 Å². The van der Waals surface area contributed by atoms with E-state index in [0.717, 1.165) is 6.26 Å². The Bertz CT molecular complexity index is 268. The van der Waals surface area contributed by atoms with E-state index in [1.165, 1.54) is 0 Å². The van der Waals surface area contributed by atoms with Gasteiger partial charge < -0.3 is 4.74 Å². The maximum atomic E-state index is 10.6. The van der Waals surface area contributed by atoms with Crippen LogP contribution in [0.1, 0.15) is 12.8 Å². The minimum absolute atomic E-state index is 0.0649. The number of rotatable bonds is 3. The van der Waals surface area contributed by atoms with Crippen molar-refractivity contribution in [3.63, 3.8) is 0 Å².